The van der Waals surface area contributed by atoms with Crippen molar-refractivity contribution in [2.24, 2.45) is 5.73 Å². The van der Waals surface area contributed by atoms with Crippen molar-refractivity contribution in [3.63, 3.8) is 0 Å². The van der Waals surface area contributed by atoms with Gasteiger partial charge in [-0.25, -0.2) is 9.97 Å². The molecule has 2 rings (SSSR count). The molecule has 0 radical (unpaired) electrons. The molecule has 0 amide bonds. The first kappa shape index (κ1) is 16.8. The van der Waals surface area contributed by atoms with E-state index in [1.54, 1.807) is 17.8 Å². The summed E-state index contributed by atoms with van der Waals surface area (Å²) in [4.78, 5) is 7.77. The summed E-state index contributed by atoms with van der Waals surface area (Å²) in [5.74, 6) is 0.452. The fraction of sp³-hybridized carbons (Fsp3) is 0.462. The summed E-state index contributed by atoms with van der Waals surface area (Å²) in [5, 5.41) is 4.31. The monoisotopic (exact) mass is 331 g/mol. The standard InChI is InChI=1S/C13H16F3N5S/c1-3-21-7-9(8(2)20-21)10-6-11(13(14,15)16)19-12(18-10)22-5-4-17/h6-7H,3-5,17H2,1-2H3. The summed E-state index contributed by atoms with van der Waals surface area (Å²) in [5.41, 5.74) is 5.85. The minimum atomic E-state index is -4.52. The molecule has 5 nitrogen and oxygen atoms in total. The highest BCUT2D eigenvalue weighted by Crippen LogP contribution is 2.32. The Hall–Kier alpha value is -1.61. The zero-order chi connectivity index (χ0) is 16.3. The lowest BCUT2D eigenvalue weighted by Gasteiger charge is -2.09. The second-order valence-electron chi connectivity index (χ2n) is 4.54. The van der Waals surface area contributed by atoms with E-state index in [2.05, 4.69) is 15.1 Å². The Labute approximate surface area is 130 Å². The molecule has 0 fully saturated rings. The first-order chi connectivity index (χ1) is 10.3. The quantitative estimate of drug-likeness (QED) is 0.674. The molecule has 0 saturated heterocycles. The first-order valence-electron chi connectivity index (χ1n) is 6.68. The highest BCUT2D eigenvalue weighted by Gasteiger charge is 2.34. The van der Waals surface area contributed by atoms with Crippen molar-refractivity contribution in [3.05, 3.63) is 23.7 Å². The van der Waals surface area contributed by atoms with Crippen molar-refractivity contribution in [1.82, 2.24) is 19.7 Å². The number of hydrogen-bond donors (Lipinski definition) is 1. The van der Waals surface area contributed by atoms with E-state index in [-0.39, 0.29) is 10.9 Å². The van der Waals surface area contributed by atoms with Gasteiger partial charge >= 0.3 is 6.18 Å². The average molecular weight is 331 g/mol. The van der Waals surface area contributed by atoms with Gasteiger partial charge in [0.05, 0.1) is 11.4 Å². The Balaban J connectivity index is 2.51. The lowest BCUT2D eigenvalue weighted by atomic mass is 10.1. The predicted octanol–water partition coefficient (Wildman–Crippen LogP) is 2.74. The Morgan fingerprint density at radius 2 is 2.05 bits per heavy atom. The van der Waals surface area contributed by atoms with Crippen molar-refractivity contribution < 1.29 is 13.2 Å². The van der Waals surface area contributed by atoms with E-state index in [1.807, 2.05) is 6.92 Å². The number of aromatic nitrogens is 4. The van der Waals surface area contributed by atoms with E-state index in [4.69, 9.17) is 5.73 Å². The largest absolute Gasteiger partial charge is 0.433 e. The van der Waals surface area contributed by atoms with Gasteiger partial charge in [0.15, 0.2) is 5.16 Å². The van der Waals surface area contributed by atoms with Gasteiger partial charge in [0.25, 0.3) is 0 Å². The van der Waals surface area contributed by atoms with Gasteiger partial charge in [-0.15, -0.1) is 0 Å². The van der Waals surface area contributed by atoms with Gasteiger partial charge in [-0.1, -0.05) is 11.8 Å². The molecule has 0 spiro atoms. The molecule has 0 aromatic carbocycles. The minimum Gasteiger partial charge on any atom is -0.330 e. The topological polar surface area (TPSA) is 69.6 Å². The van der Waals surface area contributed by atoms with Crippen LogP contribution in [0.5, 0.6) is 0 Å². The highest BCUT2D eigenvalue weighted by atomic mass is 32.2. The van der Waals surface area contributed by atoms with Gasteiger partial charge in [-0.05, 0) is 19.9 Å². The van der Waals surface area contributed by atoms with E-state index in [9.17, 15) is 13.2 Å². The molecule has 0 aliphatic carbocycles. The van der Waals surface area contributed by atoms with E-state index in [1.165, 1.54) is 0 Å². The molecule has 0 aliphatic rings. The number of halogens is 3. The van der Waals surface area contributed by atoms with Crippen LogP contribution in [0.3, 0.4) is 0 Å². The van der Waals surface area contributed by atoms with Gasteiger partial charge in [0.1, 0.15) is 5.69 Å². The molecule has 2 aromatic rings. The van der Waals surface area contributed by atoms with E-state index in [0.29, 0.717) is 30.1 Å². The third-order valence-electron chi connectivity index (χ3n) is 2.89. The van der Waals surface area contributed by atoms with E-state index >= 15 is 0 Å². The molecule has 120 valence electrons. The number of nitrogens with zero attached hydrogens (tertiary/aromatic N) is 4. The van der Waals surface area contributed by atoms with Crippen LogP contribution in [-0.4, -0.2) is 32.0 Å². The Morgan fingerprint density at radius 3 is 2.59 bits per heavy atom. The van der Waals surface area contributed by atoms with Crippen LogP contribution >= 0.6 is 11.8 Å². The lowest BCUT2D eigenvalue weighted by Crippen LogP contribution is -2.11. The summed E-state index contributed by atoms with van der Waals surface area (Å²) in [7, 11) is 0. The molecule has 2 N–H and O–H groups in total. The number of hydrogen-bond acceptors (Lipinski definition) is 5. The third kappa shape index (κ3) is 3.77. The highest BCUT2D eigenvalue weighted by molar-refractivity contribution is 7.99. The molecule has 22 heavy (non-hydrogen) atoms. The number of alkyl halides is 3. The smallest absolute Gasteiger partial charge is 0.330 e. The second-order valence-corrected chi connectivity index (χ2v) is 5.60. The molecule has 2 heterocycles. The maximum absolute atomic E-state index is 13.0. The summed E-state index contributed by atoms with van der Waals surface area (Å²) >= 11 is 1.10. The van der Waals surface area contributed by atoms with Crippen LogP contribution in [0.4, 0.5) is 13.2 Å². The fourth-order valence-corrected chi connectivity index (χ4v) is 2.48. The van der Waals surface area contributed by atoms with Crippen molar-refractivity contribution in [3.8, 4) is 11.3 Å². The number of nitrogens with two attached hydrogens (primary N) is 1. The Morgan fingerprint density at radius 1 is 1.32 bits per heavy atom. The SMILES string of the molecule is CCn1cc(-c2cc(C(F)(F)F)nc(SCCN)n2)c(C)n1. The van der Waals surface area contributed by atoms with Gasteiger partial charge in [-0.3, -0.25) is 4.68 Å². The van der Waals surface area contributed by atoms with Gasteiger partial charge in [0.2, 0.25) is 0 Å². The average Bonchev–Trinajstić information content (AvgIpc) is 2.85. The second kappa shape index (κ2) is 6.66. The van der Waals surface area contributed by atoms with Gasteiger partial charge in [-0.2, -0.15) is 18.3 Å². The van der Waals surface area contributed by atoms with Crippen LogP contribution in [0, 0.1) is 6.92 Å². The summed E-state index contributed by atoms with van der Waals surface area (Å²) in [6.45, 7) is 4.61. The Kier molecular flexibility index (Phi) is 5.07. The molecule has 0 bridgehead atoms. The van der Waals surface area contributed by atoms with Crippen LogP contribution in [0.15, 0.2) is 17.4 Å². The summed E-state index contributed by atoms with van der Waals surface area (Å²) < 4.78 is 40.7. The van der Waals surface area contributed by atoms with Crippen LogP contribution in [0.2, 0.25) is 0 Å². The maximum Gasteiger partial charge on any atom is 0.433 e. The maximum atomic E-state index is 13.0. The van der Waals surface area contributed by atoms with Crippen molar-refractivity contribution >= 4 is 11.8 Å². The zero-order valence-electron chi connectivity index (χ0n) is 12.2. The minimum absolute atomic E-state index is 0.0684. The molecular formula is C13H16F3N5S. The summed E-state index contributed by atoms with van der Waals surface area (Å²) in [6, 6.07) is 0.955. The molecule has 9 heteroatoms. The lowest BCUT2D eigenvalue weighted by molar-refractivity contribution is -0.141. The van der Waals surface area contributed by atoms with Crippen molar-refractivity contribution in [2.75, 3.05) is 12.3 Å². The number of aryl methyl sites for hydroxylation is 2. The molecular weight excluding hydrogens is 315 g/mol. The first-order valence-corrected chi connectivity index (χ1v) is 7.67. The normalized spacial score (nSPS) is 11.9. The number of thioether (sulfide) groups is 1. The third-order valence-corrected chi connectivity index (χ3v) is 3.77. The molecule has 0 saturated carbocycles. The predicted molar refractivity (Wildman–Crippen MR) is 78.4 cm³/mol. The fourth-order valence-electron chi connectivity index (χ4n) is 1.85. The van der Waals surface area contributed by atoms with Crippen molar-refractivity contribution in [2.45, 2.75) is 31.7 Å². The molecule has 2 aromatic heterocycles. The van der Waals surface area contributed by atoms with Crippen molar-refractivity contribution in [1.29, 1.82) is 0 Å². The van der Waals surface area contributed by atoms with Crippen LogP contribution < -0.4 is 5.73 Å². The molecule has 0 unspecified atom stereocenters. The van der Waals surface area contributed by atoms with E-state index in [0.717, 1.165) is 17.8 Å². The summed E-state index contributed by atoms with van der Waals surface area (Å²) in [6.07, 6.45) is -2.83. The Bertz CT molecular complexity index is 654. The van der Waals surface area contributed by atoms with Crippen LogP contribution in [0.1, 0.15) is 18.3 Å². The van der Waals surface area contributed by atoms with E-state index < -0.39 is 11.9 Å². The number of rotatable bonds is 5. The van der Waals surface area contributed by atoms with Crippen LogP contribution in [-0.2, 0) is 12.7 Å². The van der Waals surface area contributed by atoms with Gasteiger partial charge < -0.3 is 5.73 Å². The molecule has 0 aliphatic heterocycles. The zero-order valence-corrected chi connectivity index (χ0v) is 13.0. The van der Waals surface area contributed by atoms with Gasteiger partial charge in [0, 0.05) is 30.6 Å². The molecule has 0 atom stereocenters. The van der Waals surface area contributed by atoms with Crippen LogP contribution in [0.25, 0.3) is 11.3 Å².